The molecule has 19 heavy (non-hydrogen) atoms. The second kappa shape index (κ2) is 8.53. The lowest BCUT2D eigenvalue weighted by Gasteiger charge is -2.03. The monoisotopic (exact) mass is 276 g/mol. The van der Waals surface area contributed by atoms with E-state index >= 15 is 0 Å². The molecule has 0 unspecified atom stereocenters. The topological polar surface area (TPSA) is 41.5 Å². The van der Waals surface area contributed by atoms with E-state index in [1.54, 1.807) is 6.34 Å². The minimum atomic E-state index is 0.682. The van der Waals surface area contributed by atoms with Crippen LogP contribution in [0.15, 0.2) is 39.9 Å². The van der Waals surface area contributed by atoms with E-state index in [0.29, 0.717) is 4.91 Å². The Morgan fingerprint density at radius 3 is 2.47 bits per heavy atom. The molecule has 1 aromatic carbocycles. The van der Waals surface area contributed by atoms with E-state index in [1.807, 2.05) is 25.3 Å². The van der Waals surface area contributed by atoms with E-state index in [1.165, 1.54) is 17.3 Å². The summed E-state index contributed by atoms with van der Waals surface area (Å²) in [6.45, 7) is 4.12. The van der Waals surface area contributed by atoms with Crippen molar-refractivity contribution in [2.45, 2.75) is 26.7 Å². The molecule has 4 heteroatoms. The molecule has 1 aromatic rings. The van der Waals surface area contributed by atoms with Crippen LogP contribution in [-0.4, -0.2) is 18.9 Å². The van der Waals surface area contributed by atoms with Crippen LogP contribution < -0.4 is 5.32 Å². The molecule has 0 aromatic heterocycles. The predicted molar refractivity (Wildman–Crippen MR) is 84.8 cm³/mol. The molecule has 0 aliphatic carbocycles. The van der Waals surface area contributed by atoms with Crippen LogP contribution in [0.2, 0.25) is 0 Å². The number of carbonyl (C=O) groups excluding carboxylic acids is 1. The predicted octanol–water partition coefficient (Wildman–Crippen LogP) is 3.87. The Hall–Kier alpha value is -1.55. The Morgan fingerprint density at radius 2 is 2.00 bits per heavy atom. The van der Waals surface area contributed by atoms with Crippen LogP contribution in [-0.2, 0) is 11.2 Å². The number of thioether (sulfide) groups is 1. The summed E-state index contributed by atoms with van der Waals surface area (Å²) in [5.74, 6) is 0. The second-order valence-electron chi connectivity index (χ2n) is 3.94. The average Bonchev–Trinajstić information content (AvgIpc) is 2.47. The van der Waals surface area contributed by atoms with Gasteiger partial charge < -0.3 is 5.32 Å². The van der Waals surface area contributed by atoms with Crippen molar-refractivity contribution in [2.24, 2.45) is 4.99 Å². The highest BCUT2D eigenvalue weighted by atomic mass is 32.2. The number of carbonyl (C=O) groups is 1. The largest absolute Gasteiger partial charge is 0.346 e. The van der Waals surface area contributed by atoms with Crippen molar-refractivity contribution in [3.63, 3.8) is 0 Å². The highest BCUT2D eigenvalue weighted by Gasteiger charge is 2.00. The first-order valence-electron chi connectivity index (χ1n) is 6.35. The molecule has 3 nitrogen and oxygen atoms in total. The average molecular weight is 276 g/mol. The first kappa shape index (κ1) is 15.5. The van der Waals surface area contributed by atoms with Crippen LogP contribution in [0.4, 0.5) is 5.69 Å². The fraction of sp³-hybridized carbons (Fsp3) is 0.333. The minimum absolute atomic E-state index is 0.682. The van der Waals surface area contributed by atoms with Gasteiger partial charge in [-0.05, 0) is 36.8 Å². The lowest BCUT2D eigenvalue weighted by Crippen LogP contribution is -1.96. The van der Waals surface area contributed by atoms with Crippen molar-refractivity contribution in [1.29, 1.82) is 0 Å². The van der Waals surface area contributed by atoms with Crippen molar-refractivity contribution in [3.8, 4) is 0 Å². The van der Waals surface area contributed by atoms with Gasteiger partial charge in [-0.3, -0.25) is 4.79 Å². The number of benzene rings is 1. The van der Waals surface area contributed by atoms with Gasteiger partial charge in [0, 0.05) is 5.69 Å². The first-order chi connectivity index (χ1) is 9.24. The lowest BCUT2D eigenvalue weighted by atomic mass is 10.1. The highest BCUT2D eigenvalue weighted by Crippen LogP contribution is 2.18. The second-order valence-corrected chi connectivity index (χ2v) is 4.79. The van der Waals surface area contributed by atoms with Crippen molar-refractivity contribution in [3.05, 3.63) is 40.4 Å². The van der Waals surface area contributed by atoms with Gasteiger partial charge in [0.05, 0.1) is 16.9 Å². The number of allylic oxidation sites excluding steroid dienone is 2. The summed E-state index contributed by atoms with van der Waals surface area (Å²) in [6.07, 6.45) is 6.15. The SMILES string of the molecule is CC/C(N=CNc1ccc(CC)cc1)=C(/C=O)SC. The Bertz CT molecular complexity index is 464. The zero-order valence-electron chi connectivity index (χ0n) is 11.6. The van der Waals surface area contributed by atoms with Gasteiger partial charge in [0.15, 0.2) is 6.29 Å². The van der Waals surface area contributed by atoms with E-state index in [4.69, 9.17) is 0 Å². The third-order valence-corrected chi connectivity index (χ3v) is 3.53. The molecule has 102 valence electrons. The van der Waals surface area contributed by atoms with Crippen LogP contribution in [0.1, 0.15) is 25.8 Å². The molecule has 0 saturated heterocycles. The molecule has 0 fully saturated rings. The Morgan fingerprint density at radius 1 is 1.32 bits per heavy atom. The zero-order chi connectivity index (χ0) is 14.1. The minimum Gasteiger partial charge on any atom is -0.346 e. The molecule has 0 amide bonds. The van der Waals surface area contributed by atoms with Crippen molar-refractivity contribution < 1.29 is 4.79 Å². The van der Waals surface area contributed by atoms with Crippen LogP contribution in [0, 0.1) is 0 Å². The molecular weight excluding hydrogens is 256 g/mol. The van der Waals surface area contributed by atoms with E-state index in [0.717, 1.165) is 30.5 Å². The summed E-state index contributed by atoms with van der Waals surface area (Å²) in [5.41, 5.74) is 3.11. The fourth-order valence-electron chi connectivity index (χ4n) is 1.58. The third kappa shape index (κ3) is 4.91. The molecule has 0 bridgehead atoms. The maximum atomic E-state index is 10.9. The van der Waals surface area contributed by atoms with Gasteiger partial charge in [-0.25, -0.2) is 4.99 Å². The van der Waals surface area contributed by atoms with Gasteiger partial charge in [-0.15, -0.1) is 11.8 Å². The summed E-state index contributed by atoms with van der Waals surface area (Å²) < 4.78 is 0. The number of nitrogens with zero attached hydrogens (tertiary/aromatic N) is 1. The number of aryl methyl sites for hydroxylation is 1. The molecule has 0 spiro atoms. The number of aliphatic imine (C=N–C) groups is 1. The lowest BCUT2D eigenvalue weighted by molar-refractivity contribution is -0.104. The summed E-state index contributed by atoms with van der Waals surface area (Å²) >= 11 is 1.42. The van der Waals surface area contributed by atoms with Gasteiger partial charge in [-0.2, -0.15) is 0 Å². The Labute approximate surface area is 119 Å². The molecule has 1 rings (SSSR count). The quantitative estimate of drug-likeness (QED) is 0.356. The summed E-state index contributed by atoms with van der Waals surface area (Å²) in [7, 11) is 0. The van der Waals surface area contributed by atoms with E-state index in [9.17, 15) is 4.79 Å². The third-order valence-electron chi connectivity index (χ3n) is 2.76. The van der Waals surface area contributed by atoms with E-state index < -0.39 is 0 Å². The van der Waals surface area contributed by atoms with Gasteiger partial charge in [0.2, 0.25) is 0 Å². The van der Waals surface area contributed by atoms with Crippen LogP contribution in [0.3, 0.4) is 0 Å². The smallest absolute Gasteiger partial charge is 0.158 e. The van der Waals surface area contributed by atoms with E-state index in [2.05, 4.69) is 29.4 Å². The molecule has 1 N–H and O–H groups in total. The maximum absolute atomic E-state index is 10.9. The number of hydrogen-bond acceptors (Lipinski definition) is 3. The molecule has 0 saturated carbocycles. The van der Waals surface area contributed by atoms with Gasteiger partial charge in [0.25, 0.3) is 0 Å². The van der Waals surface area contributed by atoms with Gasteiger partial charge in [-0.1, -0.05) is 26.0 Å². The summed E-state index contributed by atoms with van der Waals surface area (Å²) in [6, 6.07) is 8.22. The zero-order valence-corrected chi connectivity index (χ0v) is 12.5. The summed E-state index contributed by atoms with van der Waals surface area (Å²) in [5, 5.41) is 3.11. The first-order valence-corrected chi connectivity index (χ1v) is 7.57. The molecule has 0 atom stereocenters. The number of hydrogen-bond donors (Lipinski definition) is 1. The number of anilines is 1. The molecule has 0 aliphatic heterocycles. The van der Waals surface area contributed by atoms with Crippen molar-refractivity contribution >= 4 is 30.1 Å². The highest BCUT2D eigenvalue weighted by molar-refractivity contribution is 8.03. The number of aldehydes is 1. The van der Waals surface area contributed by atoms with Crippen LogP contribution in [0.5, 0.6) is 0 Å². The number of rotatable bonds is 7. The molecular formula is C15H20N2OS. The molecule has 0 heterocycles. The Balaban J connectivity index is 2.70. The number of nitrogens with one attached hydrogen (secondary N) is 1. The van der Waals surface area contributed by atoms with Crippen molar-refractivity contribution in [1.82, 2.24) is 0 Å². The van der Waals surface area contributed by atoms with Crippen molar-refractivity contribution in [2.75, 3.05) is 11.6 Å². The van der Waals surface area contributed by atoms with Gasteiger partial charge in [0.1, 0.15) is 0 Å². The normalized spacial score (nSPS) is 12.4. The summed E-state index contributed by atoms with van der Waals surface area (Å²) in [4.78, 5) is 15.9. The maximum Gasteiger partial charge on any atom is 0.158 e. The standard InChI is InChI=1S/C15H20N2OS/c1-4-12-6-8-13(9-7-12)16-11-17-14(5-2)15(10-18)19-3/h6-11H,4-5H2,1-3H3,(H,16,17)/b15-14+. The van der Waals surface area contributed by atoms with Gasteiger partial charge >= 0.3 is 0 Å². The fourth-order valence-corrected chi connectivity index (χ4v) is 2.11. The van der Waals surface area contributed by atoms with Crippen LogP contribution in [0.25, 0.3) is 0 Å². The molecule has 0 radical (unpaired) electrons. The van der Waals surface area contributed by atoms with E-state index in [-0.39, 0.29) is 0 Å². The molecule has 0 aliphatic rings. The van der Waals surface area contributed by atoms with Crippen LogP contribution >= 0.6 is 11.8 Å². The Kier molecular flexibility index (Phi) is 6.97.